The lowest BCUT2D eigenvalue weighted by Gasteiger charge is -2.16. The molecule has 0 radical (unpaired) electrons. The molecule has 4 heteroatoms. The molecule has 1 amide bonds. The van der Waals surface area contributed by atoms with Crippen LogP contribution >= 0.6 is 0 Å². The summed E-state index contributed by atoms with van der Waals surface area (Å²) in [5, 5.41) is 0. The molecule has 1 heterocycles. The SMILES string of the molecule is NNC(=O)CCCCN1CC2CCCC2C1. The number of nitrogens with zero attached hydrogens (tertiary/aromatic N) is 1. The lowest BCUT2D eigenvalue weighted by Crippen LogP contribution is -2.30. The van der Waals surface area contributed by atoms with Gasteiger partial charge in [0, 0.05) is 19.5 Å². The van der Waals surface area contributed by atoms with Crippen molar-refractivity contribution in [2.24, 2.45) is 17.7 Å². The summed E-state index contributed by atoms with van der Waals surface area (Å²) in [4.78, 5) is 13.5. The highest BCUT2D eigenvalue weighted by Gasteiger charge is 2.35. The van der Waals surface area contributed by atoms with E-state index in [9.17, 15) is 4.79 Å². The Bertz CT molecular complexity index is 232. The highest BCUT2D eigenvalue weighted by atomic mass is 16.2. The van der Waals surface area contributed by atoms with Gasteiger partial charge in [-0.25, -0.2) is 5.84 Å². The molecule has 2 rings (SSSR count). The van der Waals surface area contributed by atoms with E-state index in [0.29, 0.717) is 6.42 Å². The Kier molecular flexibility index (Phi) is 4.18. The maximum Gasteiger partial charge on any atom is 0.233 e. The summed E-state index contributed by atoms with van der Waals surface area (Å²) in [7, 11) is 0. The summed E-state index contributed by atoms with van der Waals surface area (Å²) < 4.78 is 0. The van der Waals surface area contributed by atoms with Crippen LogP contribution in [0, 0.1) is 11.8 Å². The fourth-order valence-corrected chi connectivity index (χ4v) is 3.21. The molecule has 0 bridgehead atoms. The van der Waals surface area contributed by atoms with Crippen LogP contribution in [0.2, 0.25) is 0 Å². The molecule has 16 heavy (non-hydrogen) atoms. The smallest absolute Gasteiger partial charge is 0.233 e. The highest BCUT2D eigenvalue weighted by molar-refractivity contribution is 5.75. The molecule has 1 aliphatic carbocycles. The van der Waals surface area contributed by atoms with Gasteiger partial charge in [-0.3, -0.25) is 10.2 Å². The summed E-state index contributed by atoms with van der Waals surface area (Å²) in [6.45, 7) is 3.76. The van der Waals surface area contributed by atoms with E-state index in [1.165, 1.54) is 32.4 Å². The number of hydrazine groups is 1. The van der Waals surface area contributed by atoms with Crippen molar-refractivity contribution in [3.8, 4) is 0 Å². The Morgan fingerprint density at radius 2 is 1.94 bits per heavy atom. The van der Waals surface area contributed by atoms with Crippen molar-refractivity contribution in [3.63, 3.8) is 0 Å². The molecule has 2 fully saturated rings. The number of rotatable bonds is 5. The molecule has 1 aliphatic heterocycles. The van der Waals surface area contributed by atoms with Crippen molar-refractivity contribution < 1.29 is 4.79 Å². The van der Waals surface area contributed by atoms with Crippen molar-refractivity contribution in [2.75, 3.05) is 19.6 Å². The van der Waals surface area contributed by atoms with E-state index in [0.717, 1.165) is 31.2 Å². The van der Waals surface area contributed by atoms with Crippen LogP contribution in [0.5, 0.6) is 0 Å². The van der Waals surface area contributed by atoms with Gasteiger partial charge in [-0.1, -0.05) is 6.42 Å². The largest absolute Gasteiger partial charge is 0.303 e. The first-order valence-electron chi connectivity index (χ1n) is 6.51. The fraction of sp³-hybridized carbons (Fsp3) is 0.917. The highest BCUT2D eigenvalue weighted by Crippen LogP contribution is 2.37. The molecule has 3 N–H and O–H groups in total. The zero-order valence-corrected chi connectivity index (χ0v) is 9.95. The average Bonchev–Trinajstić information content (AvgIpc) is 2.84. The third-order valence-corrected chi connectivity index (χ3v) is 4.09. The van der Waals surface area contributed by atoms with Gasteiger partial charge >= 0.3 is 0 Å². The van der Waals surface area contributed by atoms with Gasteiger partial charge in [0.2, 0.25) is 5.91 Å². The third kappa shape index (κ3) is 2.95. The number of hydrogen-bond donors (Lipinski definition) is 2. The van der Waals surface area contributed by atoms with Gasteiger partial charge in [0.1, 0.15) is 0 Å². The van der Waals surface area contributed by atoms with Crippen LogP contribution in [0.15, 0.2) is 0 Å². The number of carbonyl (C=O) groups excluding carboxylic acids is 1. The molecule has 1 saturated carbocycles. The molecule has 0 aromatic rings. The standard InChI is InChI=1S/C12H23N3O/c13-14-12(16)6-1-2-7-15-8-10-4-3-5-11(10)9-15/h10-11H,1-9,13H2,(H,14,16). The van der Waals surface area contributed by atoms with E-state index in [1.54, 1.807) is 0 Å². The zero-order chi connectivity index (χ0) is 11.4. The van der Waals surface area contributed by atoms with Crippen molar-refractivity contribution in [3.05, 3.63) is 0 Å². The summed E-state index contributed by atoms with van der Waals surface area (Å²) in [6, 6.07) is 0. The number of carbonyl (C=O) groups is 1. The number of unbranched alkanes of at least 4 members (excludes halogenated alkanes) is 1. The minimum atomic E-state index is -0.0432. The van der Waals surface area contributed by atoms with E-state index < -0.39 is 0 Å². The van der Waals surface area contributed by atoms with Crippen LogP contribution in [-0.2, 0) is 4.79 Å². The summed E-state index contributed by atoms with van der Waals surface area (Å²) in [5.41, 5.74) is 2.17. The number of nitrogens with one attached hydrogen (secondary N) is 1. The molecule has 0 spiro atoms. The maximum absolute atomic E-state index is 10.9. The second kappa shape index (κ2) is 5.64. The Morgan fingerprint density at radius 1 is 1.25 bits per heavy atom. The number of fused-ring (bicyclic) bond motifs is 1. The average molecular weight is 225 g/mol. The minimum absolute atomic E-state index is 0.0432. The first kappa shape index (κ1) is 11.9. The first-order chi connectivity index (χ1) is 7.79. The van der Waals surface area contributed by atoms with Crippen LogP contribution in [0.25, 0.3) is 0 Å². The van der Waals surface area contributed by atoms with E-state index in [1.807, 2.05) is 0 Å². The Hall–Kier alpha value is -0.610. The van der Waals surface area contributed by atoms with Crippen molar-refractivity contribution in [2.45, 2.75) is 38.5 Å². The molecule has 2 atom stereocenters. The predicted molar refractivity (Wildman–Crippen MR) is 63.5 cm³/mol. The monoisotopic (exact) mass is 225 g/mol. The molecule has 92 valence electrons. The quantitative estimate of drug-likeness (QED) is 0.316. The van der Waals surface area contributed by atoms with Gasteiger partial charge in [-0.2, -0.15) is 0 Å². The van der Waals surface area contributed by atoms with Gasteiger partial charge in [0.05, 0.1) is 0 Å². The van der Waals surface area contributed by atoms with Crippen LogP contribution in [-0.4, -0.2) is 30.4 Å². The topological polar surface area (TPSA) is 58.4 Å². The van der Waals surface area contributed by atoms with E-state index in [4.69, 9.17) is 5.84 Å². The molecular formula is C12H23N3O. The Morgan fingerprint density at radius 3 is 2.56 bits per heavy atom. The van der Waals surface area contributed by atoms with Crippen molar-refractivity contribution in [1.82, 2.24) is 10.3 Å². The van der Waals surface area contributed by atoms with E-state index in [2.05, 4.69) is 10.3 Å². The van der Waals surface area contributed by atoms with Crippen LogP contribution < -0.4 is 11.3 Å². The number of likely N-dealkylation sites (tertiary alicyclic amines) is 1. The maximum atomic E-state index is 10.9. The molecular weight excluding hydrogens is 202 g/mol. The molecule has 0 aromatic carbocycles. The molecule has 0 aromatic heterocycles. The number of amides is 1. The Balaban J connectivity index is 1.56. The first-order valence-corrected chi connectivity index (χ1v) is 6.51. The zero-order valence-electron chi connectivity index (χ0n) is 9.95. The van der Waals surface area contributed by atoms with Crippen molar-refractivity contribution in [1.29, 1.82) is 0 Å². The third-order valence-electron chi connectivity index (χ3n) is 4.09. The lowest BCUT2D eigenvalue weighted by molar-refractivity contribution is -0.121. The van der Waals surface area contributed by atoms with Gasteiger partial charge in [0.15, 0.2) is 0 Å². The Labute approximate surface area is 97.5 Å². The van der Waals surface area contributed by atoms with Gasteiger partial charge in [0.25, 0.3) is 0 Å². The number of hydrogen-bond acceptors (Lipinski definition) is 3. The molecule has 1 saturated heterocycles. The lowest BCUT2D eigenvalue weighted by atomic mass is 10.0. The summed E-state index contributed by atoms with van der Waals surface area (Å²) >= 11 is 0. The number of nitrogens with two attached hydrogens (primary N) is 1. The second-order valence-corrected chi connectivity index (χ2v) is 5.24. The normalized spacial score (nSPS) is 29.3. The van der Waals surface area contributed by atoms with E-state index in [-0.39, 0.29) is 5.91 Å². The summed E-state index contributed by atoms with van der Waals surface area (Å²) in [6.07, 6.45) is 6.96. The molecule has 2 unspecified atom stereocenters. The molecule has 4 nitrogen and oxygen atoms in total. The molecule has 2 aliphatic rings. The summed E-state index contributed by atoms with van der Waals surface area (Å²) in [5.74, 6) is 6.94. The van der Waals surface area contributed by atoms with E-state index >= 15 is 0 Å². The second-order valence-electron chi connectivity index (χ2n) is 5.24. The van der Waals surface area contributed by atoms with Crippen molar-refractivity contribution >= 4 is 5.91 Å². The predicted octanol–water partition coefficient (Wildman–Crippen LogP) is 0.878. The minimum Gasteiger partial charge on any atom is -0.303 e. The van der Waals surface area contributed by atoms with Crippen LogP contribution in [0.3, 0.4) is 0 Å². The fourth-order valence-electron chi connectivity index (χ4n) is 3.21. The van der Waals surface area contributed by atoms with Crippen LogP contribution in [0.1, 0.15) is 38.5 Å². The van der Waals surface area contributed by atoms with Gasteiger partial charge in [-0.05, 0) is 44.1 Å². The van der Waals surface area contributed by atoms with Gasteiger partial charge < -0.3 is 4.90 Å². The van der Waals surface area contributed by atoms with Gasteiger partial charge in [-0.15, -0.1) is 0 Å². The van der Waals surface area contributed by atoms with Crippen LogP contribution in [0.4, 0.5) is 0 Å².